The fraction of sp³-hybridized carbons (Fsp3) is 0.568. The minimum Gasteiger partial charge on any atom is -0.481 e. The minimum atomic E-state index is -1.44. The van der Waals surface area contributed by atoms with Crippen LogP contribution < -0.4 is 0 Å². The summed E-state index contributed by atoms with van der Waals surface area (Å²) in [6.45, 7) is 12.6. The number of rotatable bonds is 16. The first-order valence-electron chi connectivity index (χ1n) is 16.7. The van der Waals surface area contributed by atoms with Crippen LogP contribution in [0.25, 0.3) is 0 Å². The summed E-state index contributed by atoms with van der Waals surface area (Å²) in [4.78, 5) is 55.9. The van der Waals surface area contributed by atoms with E-state index in [1.807, 2.05) is 27.7 Å². The van der Waals surface area contributed by atoms with E-state index in [2.05, 4.69) is 9.80 Å². The van der Waals surface area contributed by atoms with Gasteiger partial charge in [0.1, 0.15) is 5.41 Å². The highest BCUT2D eigenvalue weighted by molar-refractivity contribution is 6.03. The molecule has 2 N–H and O–H groups in total. The molecular weight excluding hydrogens is 600 g/mol. The van der Waals surface area contributed by atoms with E-state index in [0.717, 1.165) is 0 Å². The van der Waals surface area contributed by atoms with Gasteiger partial charge in [0.25, 0.3) is 0 Å². The maximum Gasteiger partial charge on any atom is 0.318 e. The van der Waals surface area contributed by atoms with E-state index in [0.29, 0.717) is 101 Å². The van der Waals surface area contributed by atoms with Crippen LogP contribution in [0, 0.1) is 0 Å². The van der Waals surface area contributed by atoms with E-state index in [1.165, 1.54) is 0 Å². The average Bonchev–Trinajstić information content (AvgIpc) is 3.08. The summed E-state index contributed by atoms with van der Waals surface area (Å²) in [5.74, 6) is -1.96. The Morgan fingerprint density at radius 2 is 1.00 bits per heavy atom. The number of hydrogen-bond acceptors (Lipinski definition) is 8. The van der Waals surface area contributed by atoms with Crippen molar-refractivity contribution in [1.29, 1.82) is 0 Å². The van der Waals surface area contributed by atoms with Crippen LogP contribution in [0.3, 0.4) is 0 Å². The van der Waals surface area contributed by atoms with Crippen molar-refractivity contribution < 1.29 is 38.9 Å². The second kappa shape index (κ2) is 15.6. The molecule has 0 spiro atoms. The van der Waals surface area contributed by atoms with E-state index >= 15 is 0 Å². The number of benzene rings is 2. The van der Waals surface area contributed by atoms with E-state index in [4.69, 9.17) is 14.6 Å². The number of hydrogen-bond donors (Lipinski definition) is 2. The van der Waals surface area contributed by atoms with Gasteiger partial charge in [0, 0.05) is 43.7 Å². The van der Waals surface area contributed by atoms with Crippen LogP contribution in [0.15, 0.2) is 48.5 Å². The summed E-state index contributed by atoms with van der Waals surface area (Å²) in [5, 5.41) is 19.9. The van der Waals surface area contributed by atoms with E-state index in [9.17, 15) is 24.3 Å². The molecule has 4 rings (SSSR count). The van der Waals surface area contributed by atoms with Crippen LogP contribution >= 0.6 is 0 Å². The van der Waals surface area contributed by atoms with Crippen molar-refractivity contribution in [1.82, 2.24) is 9.80 Å². The lowest BCUT2D eigenvalue weighted by Gasteiger charge is -2.39. The van der Waals surface area contributed by atoms with Gasteiger partial charge in [-0.15, -0.1) is 0 Å². The molecule has 256 valence electrons. The third-order valence-corrected chi connectivity index (χ3v) is 10.1. The maximum atomic E-state index is 13.7. The molecule has 2 aromatic rings. The summed E-state index contributed by atoms with van der Waals surface area (Å²) < 4.78 is 10.9. The molecule has 2 saturated heterocycles. The molecule has 2 aliphatic heterocycles. The van der Waals surface area contributed by atoms with Gasteiger partial charge in [-0.25, -0.2) is 0 Å². The highest BCUT2D eigenvalue weighted by Gasteiger charge is 2.43. The van der Waals surface area contributed by atoms with Crippen molar-refractivity contribution in [3.8, 4) is 0 Å². The first kappa shape index (κ1) is 36.4. The number of Topliss-reactive ketones (excluding diaryl/α,β-unsaturated/α-hetero) is 2. The Kier molecular flexibility index (Phi) is 12.1. The standard InChI is InChI=1S/C37H50N2O8/c1-35(2,38-19-23-46-24-20-38)32(42)27-10-14-29(15-11-27)37(34(44)45,18-8-6-5-7-9-31(40)41)30-16-12-28(13-17-30)33(43)36(3,4)39-21-25-47-26-22-39/h10-17H,5-9,18-26H2,1-4H3,(H,40,41)(H,44,45). The van der Waals surface area contributed by atoms with Crippen LogP contribution in [-0.4, -0.2) is 107 Å². The van der Waals surface area contributed by atoms with Crippen molar-refractivity contribution in [3.63, 3.8) is 0 Å². The second-order valence-electron chi connectivity index (χ2n) is 13.6. The molecule has 2 heterocycles. The molecule has 2 aromatic carbocycles. The molecule has 0 bridgehead atoms. The molecule has 10 nitrogen and oxygen atoms in total. The van der Waals surface area contributed by atoms with Crippen molar-refractivity contribution in [2.45, 2.75) is 82.7 Å². The summed E-state index contributed by atoms with van der Waals surface area (Å²) in [5.41, 5.74) is -0.831. The van der Waals surface area contributed by atoms with E-state index in [-0.39, 0.29) is 24.4 Å². The van der Waals surface area contributed by atoms with Crippen molar-refractivity contribution >= 4 is 23.5 Å². The number of nitrogens with zero attached hydrogens (tertiary/aromatic N) is 2. The molecule has 0 unspecified atom stereocenters. The number of ketones is 2. The molecule has 47 heavy (non-hydrogen) atoms. The van der Waals surface area contributed by atoms with Crippen molar-refractivity contribution in [3.05, 3.63) is 70.8 Å². The Morgan fingerprint density at radius 1 is 0.617 bits per heavy atom. The largest absolute Gasteiger partial charge is 0.481 e. The Bertz CT molecular complexity index is 1300. The first-order valence-corrected chi connectivity index (χ1v) is 16.7. The van der Waals surface area contributed by atoms with Crippen LogP contribution in [0.5, 0.6) is 0 Å². The monoisotopic (exact) mass is 650 g/mol. The molecule has 0 radical (unpaired) electrons. The molecule has 0 aromatic heterocycles. The zero-order chi connectivity index (χ0) is 34.2. The maximum absolute atomic E-state index is 13.7. The molecule has 2 fully saturated rings. The lowest BCUT2D eigenvalue weighted by atomic mass is 9.70. The molecular formula is C37H50N2O8. The summed E-state index contributed by atoms with van der Waals surface area (Å²) in [6, 6.07) is 13.8. The smallest absolute Gasteiger partial charge is 0.318 e. The first-order chi connectivity index (χ1) is 22.3. The van der Waals surface area contributed by atoms with Crippen molar-refractivity contribution in [2.24, 2.45) is 0 Å². The second-order valence-corrected chi connectivity index (χ2v) is 13.6. The van der Waals surface area contributed by atoms with Gasteiger partial charge in [-0.05, 0) is 51.7 Å². The topological polar surface area (TPSA) is 134 Å². The lowest BCUT2D eigenvalue weighted by molar-refractivity contribution is -0.142. The SMILES string of the molecule is CC(C)(C(=O)c1ccc(C(CCCCCCC(=O)O)(C(=O)O)c2ccc(C(=O)C(C)(C)N3CCOCC3)cc2)cc1)N1CCOCC1. The van der Waals surface area contributed by atoms with E-state index in [1.54, 1.807) is 48.5 Å². The number of aliphatic carboxylic acids is 2. The van der Waals surface area contributed by atoms with Crippen LogP contribution in [0.2, 0.25) is 0 Å². The molecule has 0 amide bonds. The fourth-order valence-corrected chi connectivity index (χ4v) is 6.88. The van der Waals surface area contributed by atoms with Crippen LogP contribution in [0.1, 0.15) is 98.1 Å². The Balaban J connectivity index is 1.64. The minimum absolute atomic E-state index is 0.0453. The zero-order valence-corrected chi connectivity index (χ0v) is 28.3. The number of carboxylic acid groups (broad SMARTS) is 2. The summed E-state index contributed by atoms with van der Waals surface area (Å²) in [7, 11) is 0. The van der Waals surface area contributed by atoms with Crippen LogP contribution in [0.4, 0.5) is 0 Å². The predicted molar refractivity (Wildman–Crippen MR) is 178 cm³/mol. The molecule has 0 atom stereocenters. The number of morpholine rings is 2. The highest BCUT2D eigenvalue weighted by atomic mass is 16.5. The van der Waals surface area contributed by atoms with Gasteiger partial charge in [0.15, 0.2) is 11.6 Å². The Labute approximate surface area is 278 Å². The number of carboxylic acids is 2. The molecule has 10 heteroatoms. The average molecular weight is 651 g/mol. The third-order valence-electron chi connectivity index (χ3n) is 10.1. The number of unbranched alkanes of at least 4 members (excludes halogenated alkanes) is 3. The van der Waals surface area contributed by atoms with Gasteiger partial charge in [0.2, 0.25) is 0 Å². The van der Waals surface area contributed by atoms with Gasteiger partial charge in [-0.2, -0.15) is 0 Å². The normalized spacial score (nSPS) is 16.9. The van der Waals surface area contributed by atoms with Gasteiger partial charge in [-0.1, -0.05) is 67.8 Å². The Hall–Kier alpha value is -3.44. The quantitative estimate of drug-likeness (QED) is 0.187. The van der Waals surface area contributed by atoms with Gasteiger partial charge in [-0.3, -0.25) is 29.0 Å². The number of ether oxygens (including phenoxy) is 2. The number of carbonyl (C=O) groups is 4. The van der Waals surface area contributed by atoms with Gasteiger partial charge in [0.05, 0.1) is 37.5 Å². The molecule has 0 aliphatic carbocycles. The zero-order valence-electron chi connectivity index (χ0n) is 28.3. The predicted octanol–water partition coefficient (Wildman–Crippen LogP) is 5.07. The highest BCUT2D eigenvalue weighted by Crippen LogP contribution is 2.39. The van der Waals surface area contributed by atoms with E-state index < -0.39 is 28.4 Å². The number of carbonyl (C=O) groups excluding carboxylic acids is 2. The van der Waals surface area contributed by atoms with Crippen molar-refractivity contribution in [2.75, 3.05) is 52.6 Å². The summed E-state index contributed by atoms with van der Waals surface area (Å²) in [6.07, 6.45) is 2.79. The van der Waals surface area contributed by atoms with Gasteiger partial charge >= 0.3 is 11.9 Å². The molecule has 0 saturated carbocycles. The van der Waals surface area contributed by atoms with Gasteiger partial charge < -0.3 is 19.7 Å². The third kappa shape index (κ3) is 8.17. The Morgan fingerprint density at radius 3 is 1.36 bits per heavy atom. The molecule has 2 aliphatic rings. The lowest BCUT2D eigenvalue weighted by Crippen LogP contribution is -2.54. The fourth-order valence-electron chi connectivity index (χ4n) is 6.88. The van der Waals surface area contributed by atoms with Crippen LogP contribution in [-0.2, 0) is 24.5 Å². The summed E-state index contributed by atoms with van der Waals surface area (Å²) >= 11 is 0.